The lowest BCUT2D eigenvalue weighted by molar-refractivity contribution is 0.0998. The summed E-state index contributed by atoms with van der Waals surface area (Å²) in [6.07, 6.45) is 0. The number of benzene rings is 5. The fourth-order valence-electron chi connectivity index (χ4n) is 6.30. The second-order valence-corrected chi connectivity index (χ2v) is 13.7. The van der Waals surface area contributed by atoms with Gasteiger partial charge < -0.3 is 5.73 Å². The molecule has 0 heterocycles. The molecule has 0 spiro atoms. The number of nitrogens with two attached hydrogens (primary N) is 1. The van der Waals surface area contributed by atoms with Crippen LogP contribution in [-0.2, 0) is 5.41 Å². The van der Waals surface area contributed by atoms with Gasteiger partial charge in [0, 0.05) is 11.5 Å². The maximum absolute atomic E-state index is 13.0. The van der Waals surface area contributed by atoms with Gasteiger partial charge in [0.1, 0.15) is 0 Å². The number of primary amides is 1. The maximum Gasteiger partial charge on any atom is 0.249 e. The molecular weight excluding hydrogens is 490 g/mol. The van der Waals surface area contributed by atoms with Crippen LogP contribution in [0.2, 0.25) is 0 Å². The van der Waals surface area contributed by atoms with Crippen molar-refractivity contribution in [2.75, 3.05) is 0 Å². The van der Waals surface area contributed by atoms with Gasteiger partial charge in [-0.3, -0.25) is 4.79 Å². The Hall–Kier alpha value is -4.21. The van der Waals surface area contributed by atoms with Gasteiger partial charge in [0.15, 0.2) is 8.80 Å². The highest BCUT2D eigenvalue weighted by atomic mass is 28.3. The molecule has 0 aromatic heterocycles. The summed E-state index contributed by atoms with van der Waals surface area (Å²) in [6.45, 7) is 6.60. The van der Waals surface area contributed by atoms with Crippen LogP contribution in [0.1, 0.15) is 59.3 Å². The molecule has 1 aliphatic rings. The summed E-state index contributed by atoms with van der Waals surface area (Å²) in [5.41, 5.74) is 13.8. The van der Waals surface area contributed by atoms with Gasteiger partial charge in [-0.15, -0.1) is 0 Å². The number of carbonyl (C=O) groups excluding carboxylic acids is 1. The van der Waals surface area contributed by atoms with E-state index in [2.05, 4.69) is 136 Å². The standard InChI is InChI=1S/C36H32NOSi/c1-36(2,3)34-30(35(37)38)22-23-31(39(24-14-6-4-7-15-24)25-16-8-5-9-17-25)33(34)32-28-20-12-10-18-26(28)27-19-11-13-21-29(27)32/h4-23,32H,1-3H3,(H2,37,38). The number of fused-ring (bicyclic) bond motifs is 3. The lowest BCUT2D eigenvalue weighted by atomic mass is 9.75. The van der Waals surface area contributed by atoms with E-state index in [-0.39, 0.29) is 17.2 Å². The Balaban J connectivity index is 1.76. The molecule has 2 nitrogen and oxygen atoms in total. The first-order valence-corrected chi connectivity index (χ1v) is 15.0. The summed E-state index contributed by atoms with van der Waals surface area (Å²) in [7, 11) is -1.42. The molecule has 0 aliphatic heterocycles. The van der Waals surface area contributed by atoms with Crippen LogP contribution >= 0.6 is 0 Å². The van der Waals surface area contributed by atoms with Gasteiger partial charge in [-0.1, -0.05) is 146 Å². The molecule has 191 valence electrons. The van der Waals surface area contributed by atoms with E-state index in [1.54, 1.807) is 0 Å². The predicted molar refractivity (Wildman–Crippen MR) is 164 cm³/mol. The van der Waals surface area contributed by atoms with Crippen LogP contribution in [0, 0.1) is 0 Å². The lowest BCUT2D eigenvalue weighted by Gasteiger charge is -2.33. The first-order valence-electron chi connectivity index (χ1n) is 13.5. The number of hydrogen-bond donors (Lipinski definition) is 1. The fraction of sp³-hybridized carbons (Fsp3) is 0.139. The Labute approximate surface area is 232 Å². The van der Waals surface area contributed by atoms with Gasteiger partial charge in [0.25, 0.3) is 0 Å². The Kier molecular flexibility index (Phi) is 6.32. The molecule has 1 amide bonds. The molecule has 3 heteroatoms. The van der Waals surface area contributed by atoms with Gasteiger partial charge in [-0.2, -0.15) is 0 Å². The molecule has 0 atom stereocenters. The number of hydrogen-bond acceptors (Lipinski definition) is 1. The Morgan fingerprint density at radius 3 is 1.56 bits per heavy atom. The zero-order chi connectivity index (χ0) is 27.1. The predicted octanol–water partition coefficient (Wildman–Crippen LogP) is 5.76. The van der Waals surface area contributed by atoms with Gasteiger partial charge in [-0.05, 0) is 50.0 Å². The minimum atomic E-state index is -1.42. The zero-order valence-electron chi connectivity index (χ0n) is 22.6. The summed E-state index contributed by atoms with van der Waals surface area (Å²) in [5, 5.41) is 3.95. The Bertz CT molecular complexity index is 1580. The third kappa shape index (κ3) is 4.33. The SMILES string of the molecule is CC(C)(C)c1c(C(N)=O)ccc([Si](c2ccccc2)c2ccccc2)c1C1c2ccccc2-c2ccccc21. The Morgan fingerprint density at radius 2 is 1.10 bits per heavy atom. The average molecular weight is 523 g/mol. The van der Waals surface area contributed by atoms with Gasteiger partial charge in [0.05, 0.1) is 0 Å². The van der Waals surface area contributed by atoms with Crippen molar-refractivity contribution in [1.29, 1.82) is 0 Å². The molecule has 0 bridgehead atoms. The molecule has 5 aromatic carbocycles. The van der Waals surface area contributed by atoms with Crippen LogP contribution in [-0.4, -0.2) is 14.7 Å². The second-order valence-electron chi connectivity index (χ2n) is 11.3. The van der Waals surface area contributed by atoms with Crippen LogP contribution in [0.5, 0.6) is 0 Å². The topological polar surface area (TPSA) is 43.1 Å². The first kappa shape index (κ1) is 25.1. The summed E-state index contributed by atoms with van der Waals surface area (Å²) in [6, 6.07) is 43.3. The van der Waals surface area contributed by atoms with E-state index in [9.17, 15) is 4.79 Å². The number of rotatable bonds is 5. The van der Waals surface area contributed by atoms with Crippen LogP contribution < -0.4 is 21.3 Å². The van der Waals surface area contributed by atoms with Crippen molar-refractivity contribution in [3.8, 4) is 11.1 Å². The van der Waals surface area contributed by atoms with Crippen molar-refractivity contribution >= 4 is 30.3 Å². The molecule has 0 saturated heterocycles. The number of amides is 1. The average Bonchev–Trinajstić information content (AvgIpc) is 3.28. The minimum absolute atomic E-state index is 0.00773. The van der Waals surface area contributed by atoms with E-state index in [4.69, 9.17) is 5.73 Å². The first-order chi connectivity index (χ1) is 18.9. The van der Waals surface area contributed by atoms with Gasteiger partial charge in [0.2, 0.25) is 5.91 Å². The highest BCUT2D eigenvalue weighted by molar-refractivity contribution is 6.95. The highest BCUT2D eigenvalue weighted by Gasteiger charge is 2.38. The van der Waals surface area contributed by atoms with Crippen molar-refractivity contribution in [2.24, 2.45) is 5.73 Å². The van der Waals surface area contributed by atoms with E-state index in [0.717, 1.165) is 5.56 Å². The van der Waals surface area contributed by atoms with Crippen molar-refractivity contribution < 1.29 is 4.79 Å². The monoisotopic (exact) mass is 522 g/mol. The van der Waals surface area contributed by atoms with Crippen LogP contribution in [0.25, 0.3) is 11.1 Å². The van der Waals surface area contributed by atoms with Crippen molar-refractivity contribution in [3.05, 3.63) is 149 Å². The number of carbonyl (C=O) groups is 1. The zero-order valence-corrected chi connectivity index (χ0v) is 23.6. The summed E-state index contributed by atoms with van der Waals surface area (Å²) in [5.74, 6) is -0.367. The van der Waals surface area contributed by atoms with E-state index in [1.807, 2.05) is 6.07 Å². The molecule has 2 N–H and O–H groups in total. The molecule has 6 rings (SSSR count). The molecule has 1 radical (unpaired) electrons. The molecule has 0 unspecified atom stereocenters. The van der Waals surface area contributed by atoms with Crippen LogP contribution in [0.3, 0.4) is 0 Å². The summed E-state index contributed by atoms with van der Waals surface area (Å²) >= 11 is 0. The van der Waals surface area contributed by atoms with Gasteiger partial charge in [-0.25, -0.2) is 0 Å². The second kappa shape index (κ2) is 9.83. The summed E-state index contributed by atoms with van der Waals surface area (Å²) < 4.78 is 0. The van der Waals surface area contributed by atoms with Crippen molar-refractivity contribution in [2.45, 2.75) is 32.1 Å². The molecular formula is C36H32NOSi. The highest BCUT2D eigenvalue weighted by Crippen LogP contribution is 2.49. The summed E-state index contributed by atoms with van der Waals surface area (Å²) in [4.78, 5) is 13.0. The maximum atomic E-state index is 13.0. The Morgan fingerprint density at radius 1 is 0.641 bits per heavy atom. The molecule has 0 fully saturated rings. The van der Waals surface area contributed by atoms with E-state index < -0.39 is 8.80 Å². The third-order valence-electron chi connectivity index (χ3n) is 7.78. The van der Waals surface area contributed by atoms with Crippen molar-refractivity contribution in [3.63, 3.8) is 0 Å². The quantitative estimate of drug-likeness (QED) is 0.227. The molecule has 1 aliphatic carbocycles. The lowest BCUT2D eigenvalue weighted by Crippen LogP contribution is -2.54. The largest absolute Gasteiger partial charge is 0.366 e. The van der Waals surface area contributed by atoms with E-state index in [1.165, 1.54) is 43.4 Å². The smallest absolute Gasteiger partial charge is 0.249 e. The molecule has 39 heavy (non-hydrogen) atoms. The van der Waals surface area contributed by atoms with E-state index >= 15 is 0 Å². The normalized spacial score (nSPS) is 12.8. The van der Waals surface area contributed by atoms with Crippen LogP contribution in [0.4, 0.5) is 0 Å². The third-order valence-corrected chi connectivity index (χ3v) is 10.6. The van der Waals surface area contributed by atoms with Crippen LogP contribution in [0.15, 0.2) is 121 Å². The van der Waals surface area contributed by atoms with Crippen molar-refractivity contribution in [1.82, 2.24) is 0 Å². The van der Waals surface area contributed by atoms with Gasteiger partial charge >= 0.3 is 0 Å². The minimum Gasteiger partial charge on any atom is -0.366 e. The molecule has 5 aromatic rings. The molecule has 0 saturated carbocycles. The van der Waals surface area contributed by atoms with E-state index in [0.29, 0.717) is 5.56 Å². The fourth-order valence-corrected chi connectivity index (χ4v) is 9.10.